The maximum atomic E-state index is 12.3. The third kappa shape index (κ3) is 5.38. The molecule has 0 heterocycles. The minimum atomic E-state index is -4.84. The van der Waals surface area contributed by atoms with E-state index >= 15 is 0 Å². The van der Waals surface area contributed by atoms with Gasteiger partial charge in [-0.2, -0.15) is 0 Å². The predicted molar refractivity (Wildman–Crippen MR) is 72.3 cm³/mol. The summed E-state index contributed by atoms with van der Waals surface area (Å²) in [7, 11) is 0. The molecule has 8 heteroatoms. The summed E-state index contributed by atoms with van der Waals surface area (Å²) in [5.74, 6) is -1.05. The van der Waals surface area contributed by atoms with E-state index in [1.807, 2.05) is 6.92 Å². The zero-order valence-corrected chi connectivity index (χ0v) is 12.2. The second kappa shape index (κ2) is 6.94. The Hall–Kier alpha value is -1.28. The van der Waals surface area contributed by atoms with E-state index in [1.54, 1.807) is 0 Å². The van der Waals surface area contributed by atoms with Crippen molar-refractivity contribution in [3.05, 3.63) is 22.7 Å². The van der Waals surface area contributed by atoms with Crippen molar-refractivity contribution >= 4 is 27.5 Å². The molecule has 0 fully saturated rings. The van der Waals surface area contributed by atoms with Gasteiger partial charge >= 0.3 is 6.36 Å². The molecule has 0 spiro atoms. The average Bonchev–Trinajstić information content (AvgIpc) is 2.30. The van der Waals surface area contributed by atoms with Crippen LogP contribution in [0.1, 0.15) is 19.8 Å². The van der Waals surface area contributed by atoms with E-state index in [-0.39, 0.29) is 5.69 Å². The number of anilines is 1. The van der Waals surface area contributed by atoms with Gasteiger partial charge in [-0.3, -0.25) is 4.79 Å². The van der Waals surface area contributed by atoms with Crippen LogP contribution in [0.5, 0.6) is 5.75 Å². The van der Waals surface area contributed by atoms with Crippen molar-refractivity contribution in [2.45, 2.75) is 32.2 Å². The first-order valence-corrected chi connectivity index (χ1v) is 6.64. The van der Waals surface area contributed by atoms with Crippen LogP contribution in [0.2, 0.25) is 0 Å². The standard InChI is InChI=1S/C12H14BrF3N2O2/c1-2-3-8(17)11(19)18-9-5-4-7(13)6-10(9)20-12(14,15)16/h4-6,8H,2-3,17H2,1H3,(H,18,19). The second-order valence-electron chi connectivity index (χ2n) is 4.07. The lowest BCUT2D eigenvalue weighted by Gasteiger charge is -2.16. The van der Waals surface area contributed by atoms with Crippen LogP contribution in [0.15, 0.2) is 22.7 Å². The lowest BCUT2D eigenvalue weighted by Crippen LogP contribution is -2.35. The zero-order valence-electron chi connectivity index (χ0n) is 10.6. The maximum Gasteiger partial charge on any atom is 0.573 e. The highest BCUT2D eigenvalue weighted by atomic mass is 79.9. The summed E-state index contributed by atoms with van der Waals surface area (Å²) in [6, 6.07) is 3.14. The molecule has 112 valence electrons. The van der Waals surface area contributed by atoms with Gasteiger partial charge in [0.25, 0.3) is 0 Å². The molecule has 0 saturated heterocycles. The van der Waals surface area contributed by atoms with Crippen LogP contribution in [0, 0.1) is 0 Å². The first-order valence-electron chi connectivity index (χ1n) is 5.84. The fourth-order valence-corrected chi connectivity index (χ4v) is 1.82. The highest BCUT2D eigenvalue weighted by Crippen LogP contribution is 2.33. The number of rotatable bonds is 5. The molecule has 1 unspecified atom stereocenters. The van der Waals surface area contributed by atoms with Crippen molar-refractivity contribution in [1.82, 2.24) is 0 Å². The molecule has 0 aliphatic carbocycles. The first-order chi connectivity index (χ1) is 9.23. The van der Waals surface area contributed by atoms with E-state index in [9.17, 15) is 18.0 Å². The SMILES string of the molecule is CCCC(N)C(=O)Nc1ccc(Br)cc1OC(F)(F)F. The van der Waals surface area contributed by atoms with Gasteiger partial charge in [-0.15, -0.1) is 13.2 Å². The van der Waals surface area contributed by atoms with Crippen LogP contribution >= 0.6 is 15.9 Å². The number of carbonyl (C=O) groups excluding carboxylic acids is 1. The molecular formula is C12H14BrF3N2O2. The van der Waals surface area contributed by atoms with Crippen LogP contribution in [0.3, 0.4) is 0 Å². The smallest absolute Gasteiger partial charge is 0.404 e. The minimum absolute atomic E-state index is 0.0814. The zero-order chi connectivity index (χ0) is 15.3. The molecule has 1 rings (SSSR count). The van der Waals surface area contributed by atoms with Gasteiger partial charge in [0.2, 0.25) is 5.91 Å². The monoisotopic (exact) mass is 354 g/mol. The maximum absolute atomic E-state index is 12.3. The van der Waals surface area contributed by atoms with E-state index in [2.05, 4.69) is 26.0 Å². The molecule has 1 atom stereocenters. The Kier molecular flexibility index (Phi) is 5.82. The topological polar surface area (TPSA) is 64.4 Å². The number of alkyl halides is 3. The fraction of sp³-hybridized carbons (Fsp3) is 0.417. The van der Waals surface area contributed by atoms with E-state index in [0.29, 0.717) is 17.3 Å². The average molecular weight is 355 g/mol. The first kappa shape index (κ1) is 16.8. The Morgan fingerprint density at radius 2 is 2.15 bits per heavy atom. The Morgan fingerprint density at radius 1 is 1.50 bits per heavy atom. The van der Waals surface area contributed by atoms with Crippen molar-refractivity contribution in [2.75, 3.05) is 5.32 Å². The molecule has 0 aliphatic heterocycles. The van der Waals surface area contributed by atoms with Crippen molar-refractivity contribution in [1.29, 1.82) is 0 Å². The van der Waals surface area contributed by atoms with Gasteiger partial charge in [0.15, 0.2) is 5.75 Å². The van der Waals surface area contributed by atoms with Crippen LogP contribution in [0.25, 0.3) is 0 Å². The number of hydrogen-bond acceptors (Lipinski definition) is 3. The fourth-order valence-electron chi connectivity index (χ4n) is 1.48. The van der Waals surface area contributed by atoms with E-state index in [1.165, 1.54) is 12.1 Å². The van der Waals surface area contributed by atoms with E-state index < -0.39 is 24.1 Å². The number of nitrogens with one attached hydrogen (secondary N) is 1. The third-order valence-electron chi connectivity index (χ3n) is 2.36. The summed E-state index contributed by atoms with van der Waals surface area (Å²) >= 11 is 3.04. The Balaban J connectivity index is 2.91. The van der Waals surface area contributed by atoms with Crippen molar-refractivity contribution < 1.29 is 22.7 Å². The summed E-state index contributed by atoms with van der Waals surface area (Å²) < 4.78 is 41.1. The Labute approximate surface area is 122 Å². The number of carbonyl (C=O) groups is 1. The molecule has 1 aromatic carbocycles. The molecule has 0 bridgehead atoms. The number of halogens is 4. The summed E-state index contributed by atoms with van der Waals surface area (Å²) in [5, 5.41) is 2.34. The summed E-state index contributed by atoms with van der Waals surface area (Å²) in [6.07, 6.45) is -3.70. The predicted octanol–water partition coefficient (Wildman–Crippen LogP) is 3.41. The minimum Gasteiger partial charge on any atom is -0.404 e. The molecule has 3 N–H and O–H groups in total. The second-order valence-corrected chi connectivity index (χ2v) is 4.99. The van der Waals surface area contributed by atoms with E-state index in [0.717, 1.165) is 6.07 Å². The normalized spacial score (nSPS) is 12.9. The number of hydrogen-bond donors (Lipinski definition) is 2. The van der Waals surface area contributed by atoms with Crippen molar-refractivity contribution in [3.63, 3.8) is 0 Å². The molecular weight excluding hydrogens is 341 g/mol. The number of ether oxygens (including phenoxy) is 1. The van der Waals surface area contributed by atoms with Gasteiger partial charge in [-0.05, 0) is 24.6 Å². The van der Waals surface area contributed by atoms with Gasteiger partial charge in [-0.25, -0.2) is 0 Å². The molecule has 0 saturated carbocycles. The van der Waals surface area contributed by atoms with Gasteiger partial charge in [0, 0.05) is 4.47 Å². The van der Waals surface area contributed by atoms with Gasteiger partial charge < -0.3 is 15.8 Å². The lowest BCUT2D eigenvalue weighted by molar-refractivity contribution is -0.274. The molecule has 1 amide bonds. The number of amides is 1. The number of benzene rings is 1. The van der Waals surface area contributed by atoms with Gasteiger partial charge in [0.1, 0.15) is 0 Å². The van der Waals surface area contributed by atoms with Crippen LogP contribution in [0.4, 0.5) is 18.9 Å². The summed E-state index contributed by atoms with van der Waals surface area (Å²) in [4.78, 5) is 11.7. The van der Waals surface area contributed by atoms with Crippen LogP contribution in [-0.2, 0) is 4.79 Å². The largest absolute Gasteiger partial charge is 0.573 e. The summed E-state index contributed by atoms with van der Waals surface area (Å²) in [5.41, 5.74) is 5.52. The Bertz CT molecular complexity index is 480. The molecule has 1 aromatic rings. The van der Waals surface area contributed by atoms with Crippen molar-refractivity contribution in [3.8, 4) is 5.75 Å². The molecule has 20 heavy (non-hydrogen) atoms. The van der Waals surface area contributed by atoms with Crippen LogP contribution < -0.4 is 15.8 Å². The Morgan fingerprint density at radius 3 is 2.70 bits per heavy atom. The summed E-state index contributed by atoms with van der Waals surface area (Å²) in [6.45, 7) is 1.85. The highest BCUT2D eigenvalue weighted by Gasteiger charge is 2.32. The van der Waals surface area contributed by atoms with Gasteiger partial charge in [-0.1, -0.05) is 29.3 Å². The van der Waals surface area contributed by atoms with E-state index in [4.69, 9.17) is 5.73 Å². The van der Waals surface area contributed by atoms with Gasteiger partial charge in [0.05, 0.1) is 11.7 Å². The molecule has 4 nitrogen and oxygen atoms in total. The number of nitrogens with two attached hydrogens (primary N) is 1. The van der Waals surface area contributed by atoms with Crippen molar-refractivity contribution in [2.24, 2.45) is 5.73 Å². The molecule has 0 aliphatic rings. The third-order valence-corrected chi connectivity index (χ3v) is 2.86. The highest BCUT2D eigenvalue weighted by molar-refractivity contribution is 9.10. The van der Waals surface area contributed by atoms with Crippen LogP contribution in [-0.4, -0.2) is 18.3 Å². The molecule has 0 radical (unpaired) electrons. The lowest BCUT2D eigenvalue weighted by atomic mass is 10.1. The quantitative estimate of drug-likeness (QED) is 0.851. The molecule has 0 aromatic heterocycles.